The molecule has 14 nitrogen and oxygen atoms in total. The smallest absolute Gasteiger partial charge is 0.475 e. The topological polar surface area (TPSA) is 158 Å². The summed E-state index contributed by atoms with van der Waals surface area (Å²) >= 11 is 0. The molecule has 0 aliphatic heterocycles. The van der Waals surface area contributed by atoms with Gasteiger partial charge >= 0.3 is 42.1 Å². The van der Waals surface area contributed by atoms with Crippen LogP contribution < -0.4 is 47.9 Å². The maximum atomic E-state index is 11.1. The largest absolute Gasteiger partial charge is 2.00 e. The van der Waals surface area contributed by atoms with Crippen LogP contribution in [0.3, 0.4) is 0 Å². The first-order valence-electron chi connectivity index (χ1n) is 21.1. The van der Waals surface area contributed by atoms with E-state index in [-0.39, 0.29) is 59.7 Å². The Hall–Kier alpha value is -0.863. The van der Waals surface area contributed by atoms with Gasteiger partial charge in [0, 0.05) is 62.3 Å². The zero-order valence-corrected chi connectivity index (χ0v) is 50.8. The van der Waals surface area contributed by atoms with E-state index in [1.54, 1.807) is 51.9 Å². The molecule has 0 amide bonds. The fraction of sp³-hybridized carbons (Fsp3) is 0.739. The number of carbonyl (C=O) groups is 2. The van der Waals surface area contributed by atoms with Crippen molar-refractivity contribution in [1.82, 2.24) is 47.0 Å². The van der Waals surface area contributed by atoms with Crippen molar-refractivity contribution in [3.8, 4) is 0 Å². The van der Waals surface area contributed by atoms with Gasteiger partial charge in [-0.25, -0.2) is 0 Å². The van der Waals surface area contributed by atoms with Crippen molar-refractivity contribution in [2.24, 2.45) is 0 Å². The number of anilines is 2. The van der Waals surface area contributed by atoms with E-state index in [9.17, 15) is 9.59 Å². The number of Topliss-reactive ketones (excluding diaryl/α,β-unsaturated/α-hetero) is 2. The summed E-state index contributed by atoms with van der Waals surface area (Å²) in [5.41, 5.74) is 2.60. The average Bonchev–Trinajstić information content (AvgIpc) is 3.22. The van der Waals surface area contributed by atoms with E-state index in [4.69, 9.17) is 4.74 Å². The van der Waals surface area contributed by atoms with Crippen LogP contribution in [0, 0.1) is 28.2 Å². The number of carbonyl (C=O) groups excluding carboxylic acids is 2. The molecule has 0 spiro atoms. The number of nitrogens with zero attached hydrogens (tertiary/aromatic N) is 2. The third-order valence-corrected chi connectivity index (χ3v) is 7.51. The minimum atomic E-state index is -0.144. The molecule has 0 aliphatic rings. The first kappa shape index (κ1) is 88.0. The van der Waals surface area contributed by atoms with E-state index < -0.39 is 0 Å². The van der Waals surface area contributed by atoms with Gasteiger partial charge in [0.15, 0.2) is 5.78 Å². The summed E-state index contributed by atoms with van der Waals surface area (Å²) in [6, 6.07) is 8.22. The molecule has 16 heteroatoms. The Bertz CT molecular complexity index is 849. The van der Waals surface area contributed by atoms with Gasteiger partial charge in [-0.15, -0.1) is 0 Å². The first-order valence-corrected chi connectivity index (χ1v) is 21.1. The molecular formula is C46H107N11O3W2. The number of benzene rings is 1. The molecule has 376 valence electrons. The van der Waals surface area contributed by atoms with E-state index >= 15 is 0 Å². The minimum absolute atomic E-state index is 0. The van der Waals surface area contributed by atoms with Crippen molar-refractivity contribution in [1.29, 1.82) is 0 Å². The number of ketones is 2. The summed E-state index contributed by atoms with van der Waals surface area (Å²) in [6.45, 7) is 20.9. The standard InChI is InChI=1S/C10H14N2O.C6H13NO2.4C5H13N.2C3H8N.2C2H6N.2W/c1-7(13)8-4-9(11-2)6-10(5-8)12-3;1-5(8)6(7-2)4-9-3;4*1-4-5(2)6-3;2*1-4(2)3;2*1-3-2;;/h4-6,11-12H,1-3H3;6-7H,4H2,1-3H3;4*5-6H,4H2,1-3H3;2*1H2,2-3H3;2*3H,1H2,2H3;;/q;;;;;;4*-1;2*+2. The van der Waals surface area contributed by atoms with Crippen molar-refractivity contribution in [3.05, 3.63) is 52.0 Å². The van der Waals surface area contributed by atoms with Crippen LogP contribution in [0.1, 0.15) is 105 Å². The fourth-order valence-electron chi connectivity index (χ4n) is 2.51. The predicted octanol–water partition coefficient (Wildman–Crippen LogP) is 6.47. The van der Waals surface area contributed by atoms with Crippen molar-refractivity contribution in [3.63, 3.8) is 0 Å². The van der Waals surface area contributed by atoms with Crippen LogP contribution in [0.15, 0.2) is 18.2 Å². The maximum Gasteiger partial charge on any atom is 2.00 e. The van der Waals surface area contributed by atoms with Gasteiger partial charge in [-0.2, -0.15) is 0 Å². The predicted molar refractivity (Wildman–Crippen MR) is 273 cm³/mol. The number of hydrogen-bond donors (Lipinski definition) is 9. The molecular weight excluding hydrogens is 1120 g/mol. The molecule has 9 N–H and O–H groups in total. The summed E-state index contributed by atoms with van der Waals surface area (Å²) in [5, 5.41) is 26.3. The molecule has 5 atom stereocenters. The Labute approximate surface area is 417 Å². The normalized spacial score (nSPS) is 11.3. The van der Waals surface area contributed by atoms with Crippen molar-refractivity contribution >= 4 is 22.9 Å². The van der Waals surface area contributed by atoms with Gasteiger partial charge in [-0.05, 0) is 163 Å². The van der Waals surface area contributed by atoms with Crippen LogP contribution in [-0.4, -0.2) is 157 Å². The van der Waals surface area contributed by atoms with E-state index in [1.807, 2.05) is 88.7 Å². The maximum absolute atomic E-state index is 11.1. The SMILES string of the molecule is CCC(C)NC.CCC(C)NC.CCC(C)NC.CCC(C)NC.CNC(COC)C(C)=O.CNc1cc(NC)cc(C(C)=O)c1.[CH2-]N(C)C.[CH2-]N(C)C.[CH2-]NC.[CH2-]NC.[W+2].[W+2]. The molecule has 0 bridgehead atoms. The molecule has 0 aromatic heterocycles. The van der Waals surface area contributed by atoms with E-state index in [1.165, 1.54) is 25.7 Å². The quantitative estimate of drug-likeness (QED) is 0.0696. The minimum Gasteiger partial charge on any atom is -0.475 e. The molecule has 1 aromatic carbocycles. The monoisotopic (exact) mass is 1230 g/mol. The van der Waals surface area contributed by atoms with Gasteiger partial charge in [0.05, 0.1) is 12.6 Å². The molecule has 0 aliphatic carbocycles. The Kier molecular flexibility index (Phi) is 106. The second-order valence-corrected chi connectivity index (χ2v) is 14.0. The third-order valence-electron chi connectivity index (χ3n) is 7.51. The van der Waals surface area contributed by atoms with Crippen LogP contribution in [0.4, 0.5) is 11.4 Å². The van der Waals surface area contributed by atoms with Crippen LogP contribution >= 0.6 is 0 Å². The number of rotatable bonds is 15. The number of hydrogen-bond acceptors (Lipinski definition) is 14. The Morgan fingerprint density at radius 1 is 0.565 bits per heavy atom. The number of ether oxygens (including phenoxy) is 1. The van der Waals surface area contributed by atoms with Crippen molar-refractivity contribution in [2.75, 3.05) is 116 Å². The summed E-state index contributed by atoms with van der Waals surface area (Å²) < 4.78 is 4.77. The molecule has 0 fully saturated rings. The zero-order valence-electron chi connectivity index (χ0n) is 44.9. The summed E-state index contributed by atoms with van der Waals surface area (Å²) in [4.78, 5) is 25.2. The second kappa shape index (κ2) is 74.5. The second-order valence-electron chi connectivity index (χ2n) is 14.0. The molecule has 0 radical (unpaired) electrons. The van der Waals surface area contributed by atoms with Crippen LogP contribution in [0.2, 0.25) is 0 Å². The van der Waals surface area contributed by atoms with E-state index in [0.29, 0.717) is 30.8 Å². The molecule has 0 heterocycles. The molecule has 5 unspecified atom stereocenters. The van der Waals surface area contributed by atoms with Gasteiger partial charge in [0.2, 0.25) is 0 Å². The Balaban J connectivity index is -0.0000000535. The number of nitrogens with one attached hydrogen (secondary N) is 9. The third kappa shape index (κ3) is 103. The zero-order chi connectivity index (χ0) is 49.7. The fourth-order valence-corrected chi connectivity index (χ4v) is 2.51. The summed E-state index contributed by atoms with van der Waals surface area (Å²) in [7, 11) is 39.4. The first-order chi connectivity index (χ1) is 27.9. The van der Waals surface area contributed by atoms with Crippen molar-refractivity contribution in [2.45, 2.75) is 125 Å². The average molecular weight is 1230 g/mol. The number of methoxy groups -OCH3 is 1. The Morgan fingerprint density at radius 3 is 0.871 bits per heavy atom. The van der Waals surface area contributed by atoms with E-state index in [2.05, 4.69) is 131 Å². The summed E-state index contributed by atoms with van der Waals surface area (Å²) in [5.74, 6) is 0.188. The Morgan fingerprint density at radius 2 is 0.790 bits per heavy atom. The summed E-state index contributed by atoms with van der Waals surface area (Å²) in [6.07, 6.45) is 4.88. The van der Waals surface area contributed by atoms with E-state index in [0.717, 1.165) is 16.9 Å². The van der Waals surface area contributed by atoms with Crippen LogP contribution in [-0.2, 0) is 51.7 Å². The van der Waals surface area contributed by atoms with Crippen LogP contribution in [0.5, 0.6) is 0 Å². The van der Waals surface area contributed by atoms with Gasteiger partial charge in [0.1, 0.15) is 5.78 Å². The molecule has 1 rings (SSSR count). The van der Waals surface area contributed by atoms with Crippen LogP contribution in [0.25, 0.3) is 0 Å². The van der Waals surface area contributed by atoms with Gasteiger partial charge in [-0.3, -0.25) is 37.8 Å². The van der Waals surface area contributed by atoms with Gasteiger partial charge in [0.25, 0.3) is 0 Å². The molecule has 1 aromatic rings. The number of likely N-dealkylation sites (N-methyl/N-ethyl adjacent to an activating group) is 1. The molecule has 62 heavy (non-hydrogen) atoms. The van der Waals surface area contributed by atoms with Crippen molar-refractivity contribution < 1.29 is 56.5 Å². The molecule has 0 saturated heterocycles. The molecule has 0 saturated carbocycles. The van der Waals surface area contributed by atoms with Gasteiger partial charge in [-0.1, -0.05) is 27.7 Å². The van der Waals surface area contributed by atoms with Gasteiger partial charge < -0.3 is 62.4 Å².